The number of nitrogens with one attached hydrogen (secondary N) is 2. The fraction of sp³-hybridized carbons (Fsp3) is 0.0588. The molecule has 0 aromatic heterocycles. The monoisotopic (exact) mass is 295 g/mol. The van der Waals surface area contributed by atoms with E-state index >= 15 is 0 Å². The molecule has 2 amide bonds. The number of amides is 2. The predicted molar refractivity (Wildman–Crippen MR) is 89.3 cm³/mol. The molecule has 0 aliphatic rings. The number of hydrogen-bond donors (Lipinski definition) is 3. The Balaban J connectivity index is 1.99. The molecule has 2 aromatic rings. The number of nitrogens with two attached hydrogens (primary N) is 1. The summed E-state index contributed by atoms with van der Waals surface area (Å²) in [4.78, 5) is 22.9. The zero-order valence-electron chi connectivity index (χ0n) is 12.2. The number of carbonyl (C=O) groups excluding carboxylic acids is 2. The Labute approximate surface area is 128 Å². The molecule has 2 aromatic carbocycles. The smallest absolute Gasteiger partial charge is 0.248 e. The highest BCUT2D eigenvalue weighted by Gasteiger charge is 2.00. The van der Waals surface area contributed by atoms with E-state index in [0.29, 0.717) is 17.1 Å². The summed E-state index contributed by atoms with van der Waals surface area (Å²) in [6, 6.07) is 14.2. The maximum atomic E-state index is 11.9. The highest BCUT2D eigenvalue weighted by Crippen LogP contribution is 2.15. The largest absolute Gasteiger partial charge is 0.399 e. The lowest BCUT2D eigenvalue weighted by molar-refractivity contribution is -0.114. The number of carbonyl (C=O) groups is 2. The zero-order chi connectivity index (χ0) is 15.9. The van der Waals surface area contributed by atoms with Crippen LogP contribution in [0.15, 0.2) is 54.6 Å². The molecule has 5 heteroatoms. The lowest BCUT2D eigenvalue weighted by Gasteiger charge is -2.06. The van der Waals surface area contributed by atoms with Crippen LogP contribution in [0.5, 0.6) is 0 Å². The summed E-state index contributed by atoms with van der Waals surface area (Å²) >= 11 is 0. The van der Waals surface area contributed by atoms with E-state index in [4.69, 9.17) is 5.73 Å². The second-order valence-corrected chi connectivity index (χ2v) is 4.75. The molecule has 0 heterocycles. The molecule has 0 atom stereocenters. The fourth-order valence-corrected chi connectivity index (χ4v) is 1.84. The predicted octanol–water partition coefficient (Wildman–Crippen LogP) is 2.88. The third-order valence-corrected chi connectivity index (χ3v) is 2.81. The van der Waals surface area contributed by atoms with E-state index in [-0.39, 0.29) is 11.8 Å². The summed E-state index contributed by atoms with van der Waals surface area (Å²) in [6.07, 6.45) is 3.14. The molecule has 0 radical (unpaired) electrons. The van der Waals surface area contributed by atoms with Crippen molar-refractivity contribution in [3.63, 3.8) is 0 Å². The van der Waals surface area contributed by atoms with Gasteiger partial charge in [0.1, 0.15) is 0 Å². The molecule has 0 saturated carbocycles. The first kappa shape index (κ1) is 15.3. The summed E-state index contributed by atoms with van der Waals surface area (Å²) in [5.41, 5.74) is 8.40. The Morgan fingerprint density at radius 2 is 1.64 bits per heavy atom. The molecule has 5 nitrogen and oxygen atoms in total. The summed E-state index contributed by atoms with van der Waals surface area (Å²) in [6.45, 7) is 1.43. The fourth-order valence-electron chi connectivity index (χ4n) is 1.84. The van der Waals surface area contributed by atoms with E-state index in [1.807, 2.05) is 12.1 Å². The van der Waals surface area contributed by atoms with Gasteiger partial charge in [0.25, 0.3) is 0 Å². The van der Waals surface area contributed by atoms with Gasteiger partial charge in [0.15, 0.2) is 0 Å². The molecule has 4 N–H and O–H groups in total. The highest BCUT2D eigenvalue weighted by molar-refractivity contribution is 6.02. The molecular weight excluding hydrogens is 278 g/mol. The lowest BCUT2D eigenvalue weighted by Crippen LogP contribution is -2.09. The van der Waals surface area contributed by atoms with Gasteiger partial charge < -0.3 is 16.4 Å². The van der Waals surface area contributed by atoms with Crippen molar-refractivity contribution in [3.05, 3.63) is 60.2 Å². The van der Waals surface area contributed by atoms with Gasteiger partial charge in [-0.2, -0.15) is 0 Å². The van der Waals surface area contributed by atoms with Crippen LogP contribution in [0.2, 0.25) is 0 Å². The molecule has 0 fully saturated rings. The van der Waals surface area contributed by atoms with Crippen molar-refractivity contribution in [2.45, 2.75) is 6.92 Å². The molecule has 0 aliphatic heterocycles. The molecular formula is C17H17N3O2. The summed E-state index contributed by atoms with van der Waals surface area (Å²) in [5, 5.41) is 5.40. The van der Waals surface area contributed by atoms with E-state index in [1.54, 1.807) is 42.5 Å². The van der Waals surface area contributed by atoms with Crippen LogP contribution in [0.1, 0.15) is 12.5 Å². The zero-order valence-corrected chi connectivity index (χ0v) is 12.2. The standard InChI is InChI=1S/C17H17N3O2/c1-12(21)19-15-3-2-4-16(11-15)20-17(22)10-7-13-5-8-14(18)9-6-13/h2-11H,18H2,1H3,(H,19,21)(H,20,22)/b10-7+. The maximum absolute atomic E-state index is 11.9. The number of benzene rings is 2. The van der Waals surface area contributed by atoms with Gasteiger partial charge in [0.05, 0.1) is 0 Å². The number of rotatable bonds is 4. The Hall–Kier alpha value is -3.08. The van der Waals surface area contributed by atoms with Crippen LogP contribution in [-0.4, -0.2) is 11.8 Å². The van der Waals surface area contributed by atoms with Crippen LogP contribution in [-0.2, 0) is 9.59 Å². The van der Waals surface area contributed by atoms with Crippen LogP contribution in [0, 0.1) is 0 Å². The van der Waals surface area contributed by atoms with E-state index in [9.17, 15) is 9.59 Å². The molecule has 0 saturated heterocycles. The minimum absolute atomic E-state index is 0.160. The van der Waals surface area contributed by atoms with Crippen LogP contribution < -0.4 is 16.4 Å². The Morgan fingerprint density at radius 3 is 2.27 bits per heavy atom. The molecule has 0 spiro atoms. The Kier molecular flexibility index (Phi) is 4.93. The van der Waals surface area contributed by atoms with Gasteiger partial charge in [-0.15, -0.1) is 0 Å². The summed E-state index contributed by atoms with van der Waals surface area (Å²) in [7, 11) is 0. The highest BCUT2D eigenvalue weighted by atomic mass is 16.2. The average Bonchev–Trinajstić information content (AvgIpc) is 2.46. The van der Waals surface area contributed by atoms with E-state index in [0.717, 1.165) is 5.56 Å². The molecule has 2 rings (SSSR count). The molecule has 22 heavy (non-hydrogen) atoms. The Bertz CT molecular complexity index is 706. The topological polar surface area (TPSA) is 84.2 Å². The second kappa shape index (κ2) is 7.08. The maximum Gasteiger partial charge on any atom is 0.248 e. The molecule has 0 unspecified atom stereocenters. The summed E-state index contributed by atoms with van der Waals surface area (Å²) in [5.74, 6) is -0.413. The van der Waals surface area contributed by atoms with Crippen molar-refractivity contribution in [3.8, 4) is 0 Å². The van der Waals surface area contributed by atoms with Gasteiger partial charge in [-0.3, -0.25) is 9.59 Å². The van der Waals surface area contributed by atoms with E-state index in [1.165, 1.54) is 13.0 Å². The molecule has 112 valence electrons. The minimum atomic E-state index is -0.253. The lowest BCUT2D eigenvalue weighted by atomic mass is 10.2. The van der Waals surface area contributed by atoms with E-state index < -0.39 is 0 Å². The first-order chi connectivity index (χ1) is 10.5. The van der Waals surface area contributed by atoms with E-state index in [2.05, 4.69) is 10.6 Å². The number of anilines is 3. The normalized spacial score (nSPS) is 10.4. The van der Waals surface area contributed by atoms with Crippen LogP contribution in [0.3, 0.4) is 0 Å². The molecule has 0 bridgehead atoms. The van der Waals surface area contributed by atoms with Crippen molar-refractivity contribution in [1.82, 2.24) is 0 Å². The first-order valence-corrected chi connectivity index (χ1v) is 6.75. The number of hydrogen-bond acceptors (Lipinski definition) is 3. The van der Waals surface area contributed by atoms with Crippen molar-refractivity contribution in [2.24, 2.45) is 0 Å². The quantitative estimate of drug-likeness (QED) is 0.599. The van der Waals surface area contributed by atoms with Crippen molar-refractivity contribution in [1.29, 1.82) is 0 Å². The first-order valence-electron chi connectivity index (χ1n) is 6.75. The average molecular weight is 295 g/mol. The SMILES string of the molecule is CC(=O)Nc1cccc(NC(=O)/C=C/c2ccc(N)cc2)c1. The number of nitrogen functional groups attached to an aromatic ring is 1. The van der Waals surface area contributed by atoms with Crippen LogP contribution in [0.4, 0.5) is 17.1 Å². The van der Waals surface area contributed by atoms with Crippen LogP contribution >= 0.6 is 0 Å². The molecule has 0 aliphatic carbocycles. The van der Waals surface area contributed by atoms with Gasteiger partial charge in [0, 0.05) is 30.1 Å². The van der Waals surface area contributed by atoms with Gasteiger partial charge in [0.2, 0.25) is 11.8 Å². The van der Waals surface area contributed by atoms with Crippen LogP contribution in [0.25, 0.3) is 6.08 Å². The van der Waals surface area contributed by atoms with Gasteiger partial charge >= 0.3 is 0 Å². The van der Waals surface area contributed by atoms with Crippen molar-refractivity contribution < 1.29 is 9.59 Å². The van der Waals surface area contributed by atoms with Gasteiger partial charge in [-0.05, 0) is 42.0 Å². The second-order valence-electron chi connectivity index (χ2n) is 4.75. The third-order valence-electron chi connectivity index (χ3n) is 2.81. The van der Waals surface area contributed by atoms with Crippen molar-refractivity contribution in [2.75, 3.05) is 16.4 Å². The van der Waals surface area contributed by atoms with Gasteiger partial charge in [-0.1, -0.05) is 18.2 Å². The minimum Gasteiger partial charge on any atom is -0.399 e. The van der Waals surface area contributed by atoms with Gasteiger partial charge in [-0.25, -0.2) is 0 Å². The Morgan fingerprint density at radius 1 is 1.00 bits per heavy atom. The third kappa shape index (κ3) is 4.79. The summed E-state index contributed by atoms with van der Waals surface area (Å²) < 4.78 is 0. The van der Waals surface area contributed by atoms with Crippen molar-refractivity contribution >= 4 is 35.0 Å².